The number of carbonyl (C=O) groups excluding carboxylic acids is 3. The van der Waals surface area contributed by atoms with Crippen LogP contribution in [0.3, 0.4) is 0 Å². The maximum Gasteiger partial charge on any atom is 0.472 e. The molecule has 0 saturated carbocycles. The molecule has 4 N–H and O–H groups in total. The number of phosphoric acid groups is 2. The van der Waals surface area contributed by atoms with Gasteiger partial charge in [-0.25, -0.2) is 9.13 Å². The minimum Gasteiger partial charge on any atom is -0.463 e. The molecule has 0 radical (unpaired) electrons. The SMILES string of the molecule is CC/C=C\C/C=C\C/C=C\C/C=C\C/C=C\C/C=C\CCCCCCCCCCCCCCCCCCC(=O)OCC(O)COP(=O)(O)OCC(O)COP(=O)(O)OCC(COC(=O)CCCCCCCCCCCCCCCCCCC/C=C\C/C=C\C/C=C\C/C=C\C/C=C\CC)OC(=O)CCCCCC/C=C\C/C=C\C/C=C\C/C=C\CC. The van der Waals surface area contributed by atoms with Crippen LogP contribution in [-0.2, 0) is 55.8 Å². The number of aliphatic hydroxyl groups is 2. The third kappa shape index (κ3) is 95.2. The van der Waals surface area contributed by atoms with E-state index in [1.54, 1.807) is 0 Å². The summed E-state index contributed by atoms with van der Waals surface area (Å²) in [4.78, 5) is 59.0. The Morgan fingerprint density at radius 1 is 0.231 bits per heavy atom. The molecule has 121 heavy (non-hydrogen) atoms. The fraction of sp³-hybridized carbons (Fsp3) is 0.680. The fourth-order valence-corrected chi connectivity index (χ4v) is 14.5. The van der Waals surface area contributed by atoms with Crippen LogP contribution < -0.4 is 0 Å². The second kappa shape index (κ2) is 93.8. The molecule has 0 aliphatic carbocycles. The van der Waals surface area contributed by atoms with Crippen molar-refractivity contribution in [2.75, 3.05) is 39.6 Å². The molecule has 5 atom stereocenters. The summed E-state index contributed by atoms with van der Waals surface area (Å²) in [6, 6.07) is 0. The standard InChI is InChI=1S/C103H174O16P2/c1-4-7-10-13-16-19-22-25-28-31-33-35-37-39-41-43-45-47-48-50-52-53-55-57-59-61-63-66-68-71-74-77-80-83-86-89-101(106)113-92-98(104)93-115-120(109,110)116-94-99(105)95-117-121(111,112)118-97-100(119-103(108)91-88-85-82-79-76-73-70-65-30-27-24-21-18-15-12-9-6-3)96-114-102(107)90-87-84-81-78-75-72-69-67-64-62-60-58-56-54-51-49-46-44-42-40-38-36-34-32-29-26-23-20-17-14-11-8-5-2/h7-12,16-21,25-30,33-36,39-42,45,47,70,73,98-100,104-105H,4-6,13-15,22-24,31-32,37-38,43-44,46,48-69,71-72,74-97H2,1-3H3,(H,109,110)(H,111,112)/b10-7-,11-8-,12-9-,19-16-,20-17-,21-18-,28-25-,29-26-,30-27-,35-33-,36-34-,41-39-,42-40-,47-45-,73-70-. The Kier molecular flexibility index (Phi) is 89.6. The monoisotopic (exact) mass is 1730 g/mol. The first-order valence-corrected chi connectivity index (χ1v) is 51.1. The smallest absolute Gasteiger partial charge is 0.463 e. The molecular formula is C103H174O16P2. The number of unbranched alkanes of at least 4 members (excludes halogenated alkanes) is 37. The van der Waals surface area contributed by atoms with E-state index in [1.165, 1.54) is 173 Å². The number of hydrogen-bond donors (Lipinski definition) is 4. The van der Waals surface area contributed by atoms with E-state index in [9.17, 15) is 43.5 Å². The van der Waals surface area contributed by atoms with Crippen molar-refractivity contribution in [3.8, 4) is 0 Å². The van der Waals surface area contributed by atoms with Crippen molar-refractivity contribution >= 4 is 33.6 Å². The zero-order valence-corrected chi connectivity index (χ0v) is 78.2. The molecule has 0 heterocycles. The molecule has 0 aromatic carbocycles. The quantitative estimate of drug-likeness (QED) is 0.0146. The molecule has 0 spiro atoms. The average Bonchev–Trinajstić information content (AvgIpc) is 0.896. The highest BCUT2D eigenvalue weighted by Gasteiger charge is 2.30. The zero-order valence-electron chi connectivity index (χ0n) is 76.4. The van der Waals surface area contributed by atoms with Crippen LogP contribution in [0.4, 0.5) is 0 Å². The Morgan fingerprint density at radius 3 is 0.653 bits per heavy atom. The van der Waals surface area contributed by atoms with Crippen molar-refractivity contribution in [2.24, 2.45) is 0 Å². The van der Waals surface area contributed by atoms with Gasteiger partial charge in [-0.3, -0.25) is 32.5 Å². The molecule has 18 heteroatoms. The van der Waals surface area contributed by atoms with Crippen LogP contribution in [0.15, 0.2) is 182 Å². The first-order valence-electron chi connectivity index (χ1n) is 48.1. The molecule has 0 aromatic heterocycles. The lowest BCUT2D eigenvalue weighted by Crippen LogP contribution is -2.30. The highest BCUT2D eigenvalue weighted by atomic mass is 31.2. The van der Waals surface area contributed by atoms with Gasteiger partial charge in [0.05, 0.1) is 26.4 Å². The van der Waals surface area contributed by atoms with Crippen molar-refractivity contribution in [1.29, 1.82) is 0 Å². The largest absolute Gasteiger partial charge is 0.472 e. The lowest BCUT2D eigenvalue weighted by molar-refractivity contribution is -0.161. The average molecular weight is 1730 g/mol. The van der Waals surface area contributed by atoms with Gasteiger partial charge in [0.2, 0.25) is 0 Å². The van der Waals surface area contributed by atoms with Crippen LogP contribution in [0.1, 0.15) is 393 Å². The van der Waals surface area contributed by atoms with Crippen LogP contribution >= 0.6 is 15.6 Å². The van der Waals surface area contributed by atoms with Gasteiger partial charge in [0.1, 0.15) is 25.4 Å². The van der Waals surface area contributed by atoms with E-state index < -0.39 is 91.5 Å². The Labute approximate surface area is 738 Å². The molecule has 0 bridgehead atoms. The van der Waals surface area contributed by atoms with Crippen LogP contribution in [-0.4, -0.2) is 95.9 Å². The topological polar surface area (TPSA) is 231 Å². The molecule has 0 saturated heterocycles. The van der Waals surface area contributed by atoms with Crippen molar-refractivity contribution in [1.82, 2.24) is 0 Å². The number of phosphoric ester groups is 2. The van der Waals surface area contributed by atoms with Crippen LogP contribution in [0.5, 0.6) is 0 Å². The molecule has 0 fully saturated rings. The molecule has 0 aliphatic heterocycles. The van der Waals surface area contributed by atoms with Crippen LogP contribution in [0.2, 0.25) is 0 Å². The fourth-order valence-electron chi connectivity index (χ4n) is 12.9. The van der Waals surface area contributed by atoms with E-state index in [0.717, 1.165) is 161 Å². The Bertz CT molecular complexity index is 2930. The summed E-state index contributed by atoms with van der Waals surface area (Å²) in [5.74, 6) is -1.59. The van der Waals surface area contributed by atoms with E-state index in [2.05, 4.69) is 203 Å². The highest BCUT2D eigenvalue weighted by molar-refractivity contribution is 7.47. The van der Waals surface area contributed by atoms with Gasteiger partial charge in [0.15, 0.2) is 6.10 Å². The van der Waals surface area contributed by atoms with Crippen molar-refractivity contribution in [2.45, 2.75) is 411 Å². The van der Waals surface area contributed by atoms with E-state index in [4.69, 9.17) is 32.3 Å². The third-order valence-electron chi connectivity index (χ3n) is 20.1. The summed E-state index contributed by atoms with van der Waals surface area (Å²) in [6.07, 6.45) is 124. The van der Waals surface area contributed by atoms with E-state index in [1.807, 2.05) is 0 Å². The molecule has 0 aromatic rings. The van der Waals surface area contributed by atoms with Gasteiger partial charge in [-0.05, 0) is 154 Å². The molecule has 0 rings (SSSR count). The predicted octanol–water partition coefficient (Wildman–Crippen LogP) is 30.0. The third-order valence-corrected chi connectivity index (χ3v) is 22.0. The van der Waals surface area contributed by atoms with Crippen LogP contribution in [0, 0.1) is 0 Å². The van der Waals surface area contributed by atoms with Gasteiger partial charge in [0.25, 0.3) is 0 Å². The van der Waals surface area contributed by atoms with Crippen molar-refractivity contribution in [3.63, 3.8) is 0 Å². The highest BCUT2D eigenvalue weighted by Crippen LogP contribution is 2.45. The van der Waals surface area contributed by atoms with E-state index >= 15 is 0 Å². The van der Waals surface area contributed by atoms with Crippen molar-refractivity contribution < 1.29 is 75.8 Å². The predicted molar refractivity (Wildman–Crippen MR) is 509 cm³/mol. The van der Waals surface area contributed by atoms with Gasteiger partial charge in [-0.2, -0.15) is 0 Å². The summed E-state index contributed by atoms with van der Waals surface area (Å²) < 4.78 is 61.5. The summed E-state index contributed by atoms with van der Waals surface area (Å²) in [5.41, 5.74) is 0. The molecule has 0 aliphatic rings. The van der Waals surface area contributed by atoms with E-state index in [0.29, 0.717) is 19.3 Å². The Balaban J connectivity index is 4.47. The molecule has 692 valence electrons. The number of rotatable bonds is 90. The number of esters is 3. The van der Waals surface area contributed by atoms with Gasteiger partial charge < -0.3 is 34.2 Å². The number of allylic oxidation sites excluding steroid dienone is 30. The van der Waals surface area contributed by atoms with Gasteiger partial charge >= 0.3 is 33.6 Å². The van der Waals surface area contributed by atoms with Crippen LogP contribution in [0.25, 0.3) is 0 Å². The second-order valence-electron chi connectivity index (χ2n) is 31.7. The summed E-state index contributed by atoms with van der Waals surface area (Å²) in [6.45, 7) is 2.36. The number of ether oxygens (including phenoxy) is 3. The van der Waals surface area contributed by atoms with Gasteiger partial charge in [-0.15, -0.1) is 0 Å². The maximum absolute atomic E-state index is 13.0. The Hall–Kier alpha value is -5.35. The second-order valence-corrected chi connectivity index (χ2v) is 34.6. The molecular weight excluding hydrogens is 1560 g/mol. The van der Waals surface area contributed by atoms with E-state index in [-0.39, 0.29) is 19.3 Å². The number of hydrogen-bond acceptors (Lipinski definition) is 14. The first-order chi connectivity index (χ1) is 59.2. The lowest BCUT2D eigenvalue weighted by Gasteiger charge is -2.21. The molecule has 16 nitrogen and oxygen atoms in total. The minimum atomic E-state index is -4.95. The summed E-state index contributed by atoms with van der Waals surface area (Å²) >= 11 is 0. The number of carbonyl (C=O) groups is 3. The van der Waals surface area contributed by atoms with Gasteiger partial charge in [-0.1, -0.05) is 402 Å². The summed E-state index contributed by atoms with van der Waals surface area (Å²) in [5, 5.41) is 20.7. The lowest BCUT2D eigenvalue weighted by atomic mass is 10.0. The van der Waals surface area contributed by atoms with Crippen molar-refractivity contribution in [3.05, 3.63) is 182 Å². The van der Waals surface area contributed by atoms with Gasteiger partial charge in [0, 0.05) is 19.3 Å². The Morgan fingerprint density at radius 2 is 0.413 bits per heavy atom. The normalized spacial score (nSPS) is 14.5. The zero-order chi connectivity index (χ0) is 87.9. The minimum absolute atomic E-state index is 0.0740. The molecule has 5 unspecified atom stereocenters. The molecule has 0 amide bonds. The first kappa shape index (κ1) is 116. The summed E-state index contributed by atoms with van der Waals surface area (Å²) in [7, 11) is -9.82. The maximum atomic E-state index is 13.0. The number of aliphatic hydroxyl groups excluding tert-OH is 2.